The number of anilines is 1. The topological polar surface area (TPSA) is 47.7 Å². The van der Waals surface area contributed by atoms with E-state index in [2.05, 4.69) is 15.5 Å². The Morgan fingerprint density at radius 2 is 2.00 bits per heavy atom. The first-order valence-electron chi connectivity index (χ1n) is 5.98. The number of aryl methyl sites for hydroxylation is 4. The molecular formula is C12H18FN5. The molecule has 0 aliphatic rings. The maximum atomic E-state index is 13.9. The van der Waals surface area contributed by atoms with Gasteiger partial charge in [-0.1, -0.05) is 0 Å². The maximum absolute atomic E-state index is 13.9. The first kappa shape index (κ1) is 12.6. The molecule has 2 rings (SSSR count). The highest BCUT2D eigenvalue weighted by atomic mass is 19.1. The number of nitrogens with zero attached hydrogens (tertiary/aromatic N) is 4. The van der Waals surface area contributed by atoms with Crippen LogP contribution in [0.15, 0.2) is 6.20 Å². The zero-order chi connectivity index (χ0) is 13.3. The molecule has 2 heterocycles. The molecule has 0 spiro atoms. The summed E-state index contributed by atoms with van der Waals surface area (Å²) < 4.78 is 17.1. The third kappa shape index (κ3) is 2.23. The smallest absolute Gasteiger partial charge is 0.216 e. The second-order valence-electron chi connectivity index (χ2n) is 4.33. The Kier molecular flexibility index (Phi) is 3.36. The lowest BCUT2D eigenvalue weighted by molar-refractivity contribution is 0.464. The SMILES string of the molecule is CCn1nc(C)c(CNc2cn(C)nc2C)c1F. The molecule has 0 atom stereocenters. The van der Waals surface area contributed by atoms with Gasteiger partial charge in [-0.3, -0.25) is 4.68 Å². The zero-order valence-corrected chi connectivity index (χ0v) is 11.2. The first-order chi connectivity index (χ1) is 8.52. The second-order valence-corrected chi connectivity index (χ2v) is 4.33. The summed E-state index contributed by atoms with van der Waals surface area (Å²) in [6.07, 6.45) is 1.88. The van der Waals surface area contributed by atoms with Gasteiger partial charge in [0.1, 0.15) is 0 Å². The van der Waals surface area contributed by atoms with Gasteiger partial charge in [0.2, 0.25) is 5.95 Å². The number of aromatic nitrogens is 4. The molecule has 2 aromatic rings. The molecule has 0 aliphatic heterocycles. The number of nitrogens with one attached hydrogen (secondary N) is 1. The van der Waals surface area contributed by atoms with E-state index in [-0.39, 0.29) is 5.95 Å². The van der Waals surface area contributed by atoms with Gasteiger partial charge in [0.15, 0.2) is 0 Å². The molecule has 5 nitrogen and oxygen atoms in total. The average Bonchev–Trinajstić information content (AvgIpc) is 2.77. The third-order valence-electron chi connectivity index (χ3n) is 2.95. The van der Waals surface area contributed by atoms with E-state index in [1.807, 2.05) is 34.0 Å². The van der Waals surface area contributed by atoms with Crippen LogP contribution in [-0.4, -0.2) is 19.6 Å². The number of hydrogen-bond donors (Lipinski definition) is 1. The molecule has 0 saturated carbocycles. The monoisotopic (exact) mass is 251 g/mol. The van der Waals surface area contributed by atoms with Crippen molar-refractivity contribution >= 4 is 5.69 Å². The Morgan fingerprint density at radius 3 is 2.50 bits per heavy atom. The van der Waals surface area contributed by atoms with Crippen LogP contribution >= 0.6 is 0 Å². The zero-order valence-electron chi connectivity index (χ0n) is 11.2. The van der Waals surface area contributed by atoms with Gasteiger partial charge in [0, 0.05) is 31.9 Å². The lowest BCUT2D eigenvalue weighted by Crippen LogP contribution is -2.04. The van der Waals surface area contributed by atoms with Gasteiger partial charge < -0.3 is 5.32 Å². The van der Waals surface area contributed by atoms with Crippen molar-refractivity contribution in [1.29, 1.82) is 0 Å². The van der Waals surface area contributed by atoms with E-state index in [0.717, 1.165) is 17.1 Å². The van der Waals surface area contributed by atoms with Crippen molar-refractivity contribution < 1.29 is 4.39 Å². The van der Waals surface area contributed by atoms with Crippen molar-refractivity contribution in [1.82, 2.24) is 19.6 Å². The summed E-state index contributed by atoms with van der Waals surface area (Å²) in [4.78, 5) is 0. The third-order valence-corrected chi connectivity index (χ3v) is 2.95. The van der Waals surface area contributed by atoms with Gasteiger partial charge in [0.05, 0.1) is 17.1 Å². The van der Waals surface area contributed by atoms with Gasteiger partial charge in [-0.25, -0.2) is 4.68 Å². The summed E-state index contributed by atoms with van der Waals surface area (Å²) in [5.41, 5.74) is 3.16. The van der Waals surface area contributed by atoms with Crippen LogP contribution < -0.4 is 5.32 Å². The first-order valence-corrected chi connectivity index (χ1v) is 5.98. The van der Waals surface area contributed by atoms with Gasteiger partial charge in [-0.15, -0.1) is 0 Å². The number of hydrogen-bond acceptors (Lipinski definition) is 3. The minimum Gasteiger partial charge on any atom is -0.378 e. The number of rotatable bonds is 4. The van der Waals surface area contributed by atoms with E-state index in [1.54, 1.807) is 4.68 Å². The van der Waals surface area contributed by atoms with Crippen molar-refractivity contribution in [2.24, 2.45) is 7.05 Å². The fraction of sp³-hybridized carbons (Fsp3) is 0.500. The van der Waals surface area contributed by atoms with Crippen LogP contribution in [0.5, 0.6) is 0 Å². The number of halogens is 1. The largest absolute Gasteiger partial charge is 0.378 e. The predicted molar refractivity (Wildman–Crippen MR) is 67.9 cm³/mol. The highest BCUT2D eigenvalue weighted by Crippen LogP contribution is 2.17. The standard InChI is InChI=1S/C12H18FN5/c1-5-18-12(13)10(8(2)16-18)6-14-11-7-17(4)15-9(11)3/h7,14H,5-6H2,1-4H3. The molecule has 98 valence electrons. The van der Waals surface area contributed by atoms with Crippen LogP contribution in [0.2, 0.25) is 0 Å². The van der Waals surface area contributed by atoms with E-state index >= 15 is 0 Å². The lowest BCUT2D eigenvalue weighted by Gasteiger charge is -2.04. The average molecular weight is 251 g/mol. The summed E-state index contributed by atoms with van der Waals surface area (Å²) in [7, 11) is 1.86. The molecule has 0 unspecified atom stereocenters. The molecule has 6 heteroatoms. The van der Waals surface area contributed by atoms with Crippen LogP contribution in [0.1, 0.15) is 23.9 Å². The molecule has 0 radical (unpaired) electrons. The van der Waals surface area contributed by atoms with E-state index in [4.69, 9.17) is 0 Å². The van der Waals surface area contributed by atoms with E-state index in [0.29, 0.717) is 18.7 Å². The summed E-state index contributed by atoms with van der Waals surface area (Å²) in [6.45, 7) is 6.57. The Morgan fingerprint density at radius 1 is 1.28 bits per heavy atom. The molecule has 0 aliphatic carbocycles. The van der Waals surface area contributed by atoms with Crippen LogP contribution in [0.4, 0.5) is 10.1 Å². The summed E-state index contributed by atoms with van der Waals surface area (Å²) in [5, 5.41) is 11.6. The fourth-order valence-electron chi connectivity index (χ4n) is 1.96. The lowest BCUT2D eigenvalue weighted by atomic mass is 10.2. The molecule has 1 N–H and O–H groups in total. The second kappa shape index (κ2) is 4.80. The Bertz CT molecular complexity index is 555. The minimum atomic E-state index is -0.260. The van der Waals surface area contributed by atoms with Crippen molar-refractivity contribution in [3.05, 3.63) is 29.1 Å². The van der Waals surface area contributed by atoms with Gasteiger partial charge in [-0.05, 0) is 20.8 Å². The molecule has 0 aromatic carbocycles. The molecule has 0 fully saturated rings. The van der Waals surface area contributed by atoms with Crippen molar-refractivity contribution in [3.63, 3.8) is 0 Å². The van der Waals surface area contributed by atoms with Crippen molar-refractivity contribution in [3.8, 4) is 0 Å². The normalized spacial score (nSPS) is 10.9. The Hall–Kier alpha value is -1.85. The van der Waals surface area contributed by atoms with E-state index in [1.165, 1.54) is 4.68 Å². The van der Waals surface area contributed by atoms with Crippen molar-refractivity contribution in [2.45, 2.75) is 33.9 Å². The predicted octanol–water partition coefficient (Wildman–Crippen LogP) is 2.00. The molecule has 0 amide bonds. The molecule has 0 saturated heterocycles. The quantitative estimate of drug-likeness (QED) is 0.904. The van der Waals surface area contributed by atoms with E-state index in [9.17, 15) is 4.39 Å². The summed E-state index contributed by atoms with van der Waals surface area (Å²) >= 11 is 0. The summed E-state index contributed by atoms with van der Waals surface area (Å²) in [5.74, 6) is -0.260. The van der Waals surface area contributed by atoms with Gasteiger partial charge in [0.25, 0.3) is 0 Å². The fourth-order valence-corrected chi connectivity index (χ4v) is 1.96. The van der Waals surface area contributed by atoms with E-state index < -0.39 is 0 Å². The maximum Gasteiger partial charge on any atom is 0.216 e. The van der Waals surface area contributed by atoms with Crippen LogP contribution in [-0.2, 0) is 20.1 Å². The van der Waals surface area contributed by atoms with Crippen LogP contribution in [0.3, 0.4) is 0 Å². The highest BCUT2D eigenvalue weighted by molar-refractivity contribution is 5.46. The minimum absolute atomic E-state index is 0.260. The Labute approximate surface area is 106 Å². The molecule has 18 heavy (non-hydrogen) atoms. The van der Waals surface area contributed by atoms with Gasteiger partial charge >= 0.3 is 0 Å². The Balaban J connectivity index is 2.15. The van der Waals surface area contributed by atoms with Crippen LogP contribution in [0, 0.1) is 19.8 Å². The molecule has 2 aromatic heterocycles. The van der Waals surface area contributed by atoms with Gasteiger partial charge in [-0.2, -0.15) is 14.6 Å². The summed E-state index contributed by atoms with van der Waals surface area (Å²) in [6, 6.07) is 0. The van der Waals surface area contributed by atoms with Crippen molar-refractivity contribution in [2.75, 3.05) is 5.32 Å². The molecular weight excluding hydrogens is 233 g/mol. The highest BCUT2D eigenvalue weighted by Gasteiger charge is 2.14. The molecule has 0 bridgehead atoms. The van der Waals surface area contributed by atoms with Crippen LogP contribution in [0.25, 0.3) is 0 Å².